The summed E-state index contributed by atoms with van der Waals surface area (Å²) < 4.78 is 6.88. The zero-order valence-electron chi connectivity index (χ0n) is 10.8. The molecular formula is C13H14N4O2. The van der Waals surface area contributed by atoms with Crippen LogP contribution in [0.1, 0.15) is 13.8 Å². The van der Waals surface area contributed by atoms with E-state index >= 15 is 0 Å². The predicted octanol–water partition coefficient (Wildman–Crippen LogP) is 2.04. The monoisotopic (exact) mass is 258 g/mol. The summed E-state index contributed by atoms with van der Waals surface area (Å²) >= 11 is 0. The molecule has 0 aliphatic carbocycles. The predicted molar refractivity (Wildman–Crippen MR) is 70.7 cm³/mol. The highest BCUT2D eigenvalue weighted by Gasteiger charge is 2.12. The summed E-state index contributed by atoms with van der Waals surface area (Å²) in [6.07, 6.45) is 3.19. The molecule has 0 bridgehead atoms. The first-order valence-corrected chi connectivity index (χ1v) is 6.14. The number of nitrogens with zero attached hydrogens (tertiary/aromatic N) is 3. The highest BCUT2D eigenvalue weighted by Crippen LogP contribution is 2.18. The van der Waals surface area contributed by atoms with E-state index in [1.807, 2.05) is 0 Å². The minimum Gasteiger partial charge on any atom is -0.463 e. The number of nitrogens with one attached hydrogen (secondary N) is 1. The van der Waals surface area contributed by atoms with Crippen molar-refractivity contribution < 1.29 is 4.42 Å². The number of imidazole rings is 1. The zero-order chi connectivity index (χ0) is 13.4. The third-order valence-corrected chi connectivity index (χ3v) is 2.80. The third-order valence-electron chi connectivity index (χ3n) is 2.80. The Morgan fingerprint density at radius 3 is 3.00 bits per heavy atom. The molecule has 0 atom stereocenters. The lowest BCUT2D eigenvalue weighted by Crippen LogP contribution is -2.19. The second-order valence-electron chi connectivity index (χ2n) is 4.84. The van der Waals surface area contributed by atoms with Crippen LogP contribution in [0.25, 0.3) is 22.7 Å². The summed E-state index contributed by atoms with van der Waals surface area (Å²) in [5.41, 5.74) is 1.49. The van der Waals surface area contributed by atoms with Crippen molar-refractivity contribution in [2.24, 2.45) is 5.92 Å². The molecular weight excluding hydrogens is 244 g/mol. The van der Waals surface area contributed by atoms with E-state index in [2.05, 4.69) is 28.8 Å². The molecule has 0 amide bonds. The van der Waals surface area contributed by atoms with Crippen molar-refractivity contribution in [2.45, 2.75) is 20.4 Å². The van der Waals surface area contributed by atoms with E-state index in [0.29, 0.717) is 35.2 Å². The van der Waals surface area contributed by atoms with Gasteiger partial charge in [-0.2, -0.15) is 0 Å². The standard InChI is InChI=1S/C13H14N4O2/c1-8(2)7-17-12-11(16-13(17)18)15-9(6-14-12)10-4-3-5-19-10/h3-6,8H,7H2,1-2H3,(H,15,16,18). The molecule has 0 saturated heterocycles. The maximum atomic E-state index is 11.9. The van der Waals surface area contributed by atoms with Gasteiger partial charge in [0.2, 0.25) is 0 Å². The fourth-order valence-corrected chi connectivity index (χ4v) is 2.01. The van der Waals surface area contributed by atoms with Crippen LogP contribution in [0.3, 0.4) is 0 Å². The number of furan rings is 1. The first-order valence-electron chi connectivity index (χ1n) is 6.14. The molecule has 6 heteroatoms. The van der Waals surface area contributed by atoms with Gasteiger partial charge in [-0.05, 0) is 18.1 Å². The molecule has 6 nitrogen and oxygen atoms in total. The quantitative estimate of drug-likeness (QED) is 0.779. The van der Waals surface area contributed by atoms with Crippen LogP contribution in [0.2, 0.25) is 0 Å². The molecule has 0 aromatic carbocycles. The van der Waals surface area contributed by atoms with Crippen molar-refractivity contribution in [2.75, 3.05) is 0 Å². The van der Waals surface area contributed by atoms with E-state index in [0.717, 1.165) is 0 Å². The molecule has 0 aliphatic heterocycles. The van der Waals surface area contributed by atoms with Crippen LogP contribution < -0.4 is 5.69 Å². The fourth-order valence-electron chi connectivity index (χ4n) is 2.01. The van der Waals surface area contributed by atoms with Gasteiger partial charge in [0.1, 0.15) is 5.69 Å². The van der Waals surface area contributed by atoms with Gasteiger partial charge in [0, 0.05) is 6.54 Å². The van der Waals surface area contributed by atoms with E-state index in [1.54, 1.807) is 29.2 Å². The van der Waals surface area contributed by atoms with Crippen molar-refractivity contribution in [1.82, 2.24) is 19.5 Å². The van der Waals surface area contributed by atoms with Crippen LogP contribution in [0.5, 0.6) is 0 Å². The van der Waals surface area contributed by atoms with Crippen LogP contribution in [0.15, 0.2) is 33.8 Å². The van der Waals surface area contributed by atoms with E-state index in [4.69, 9.17) is 4.42 Å². The number of H-pyrrole nitrogens is 1. The van der Waals surface area contributed by atoms with Gasteiger partial charge in [0.05, 0.1) is 12.5 Å². The number of hydrogen-bond donors (Lipinski definition) is 1. The van der Waals surface area contributed by atoms with Crippen LogP contribution in [-0.2, 0) is 6.54 Å². The Labute approximate surface area is 109 Å². The van der Waals surface area contributed by atoms with Crippen LogP contribution in [-0.4, -0.2) is 19.5 Å². The summed E-state index contributed by atoms with van der Waals surface area (Å²) in [6.45, 7) is 4.72. The molecule has 0 saturated carbocycles. The van der Waals surface area contributed by atoms with E-state index in [9.17, 15) is 4.79 Å². The minimum absolute atomic E-state index is 0.180. The van der Waals surface area contributed by atoms with Gasteiger partial charge in [-0.25, -0.2) is 14.8 Å². The maximum absolute atomic E-state index is 11.9. The lowest BCUT2D eigenvalue weighted by Gasteiger charge is -2.05. The Hall–Kier alpha value is -2.37. The smallest absolute Gasteiger partial charge is 0.328 e. The van der Waals surface area contributed by atoms with Crippen molar-refractivity contribution in [3.63, 3.8) is 0 Å². The third kappa shape index (κ3) is 2.05. The second-order valence-corrected chi connectivity index (χ2v) is 4.84. The van der Waals surface area contributed by atoms with E-state index in [-0.39, 0.29) is 5.69 Å². The van der Waals surface area contributed by atoms with Gasteiger partial charge in [-0.15, -0.1) is 0 Å². The first kappa shape index (κ1) is 11.7. The van der Waals surface area contributed by atoms with Gasteiger partial charge in [0.15, 0.2) is 17.1 Å². The molecule has 0 radical (unpaired) electrons. The summed E-state index contributed by atoms with van der Waals surface area (Å²) in [7, 11) is 0. The summed E-state index contributed by atoms with van der Waals surface area (Å²) in [6, 6.07) is 3.59. The van der Waals surface area contributed by atoms with Crippen LogP contribution in [0, 0.1) is 5.92 Å². The number of aromatic amines is 1. The Morgan fingerprint density at radius 1 is 1.47 bits per heavy atom. The number of aromatic nitrogens is 4. The van der Waals surface area contributed by atoms with Crippen molar-refractivity contribution in [3.8, 4) is 11.5 Å². The Kier molecular flexibility index (Phi) is 2.70. The van der Waals surface area contributed by atoms with Crippen LogP contribution in [0.4, 0.5) is 0 Å². The number of fused-ring (bicyclic) bond motifs is 1. The molecule has 3 rings (SSSR count). The van der Waals surface area contributed by atoms with Gasteiger partial charge in [-0.3, -0.25) is 9.55 Å². The van der Waals surface area contributed by atoms with E-state index in [1.165, 1.54) is 0 Å². The lowest BCUT2D eigenvalue weighted by atomic mass is 10.2. The molecule has 1 N–H and O–H groups in total. The molecule has 0 spiro atoms. The topological polar surface area (TPSA) is 76.7 Å². The average molecular weight is 258 g/mol. The molecule has 3 heterocycles. The fraction of sp³-hybridized carbons (Fsp3) is 0.308. The highest BCUT2D eigenvalue weighted by molar-refractivity contribution is 5.69. The Bertz CT molecular complexity index is 753. The van der Waals surface area contributed by atoms with Crippen molar-refractivity contribution in [3.05, 3.63) is 35.1 Å². The molecule has 3 aromatic rings. The second kappa shape index (κ2) is 4.38. The molecule has 0 aliphatic rings. The molecule has 0 fully saturated rings. The van der Waals surface area contributed by atoms with Gasteiger partial charge < -0.3 is 4.42 Å². The molecule has 0 unspecified atom stereocenters. The van der Waals surface area contributed by atoms with Crippen LogP contribution >= 0.6 is 0 Å². The van der Waals surface area contributed by atoms with Gasteiger partial charge >= 0.3 is 5.69 Å². The SMILES string of the molecule is CC(C)Cn1c(=O)[nH]c2nc(-c3ccco3)cnc21. The normalized spacial score (nSPS) is 11.5. The average Bonchev–Trinajstić information content (AvgIpc) is 2.97. The molecule has 19 heavy (non-hydrogen) atoms. The highest BCUT2D eigenvalue weighted by atomic mass is 16.3. The van der Waals surface area contributed by atoms with Crippen molar-refractivity contribution in [1.29, 1.82) is 0 Å². The van der Waals surface area contributed by atoms with E-state index < -0.39 is 0 Å². The van der Waals surface area contributed by atoms with Gasteiger partial charge in [-0.1, -0.05) is 13.8 Å². The summed E-state index contributed by atoms with van der Waals surface area (Å²) in [4.78, 5) is 23.3. The van der Waals surface area contributed by atoms with Gasteiger partial charge in [0.25, 0.3) is 0 Å². The summed E-state index contributed by atoms with van der Waals surface area (Å²) in [5, 5.41) is 0. The molecule has 3 aromatic heterocycles. The number of rotatable bonds is 3. The Morgan fingerprint density at radius 2 is 2.32 bits per heavy atom. The number of hydrogen-bond acceptors (Lipinski definition) is 4. The maximum Gasteiger partial charge on any atom is 0.328 e. The lowest BCUT2D eigenvalue weighted by molar-refractivity contribution is 0.520. The summed E-state index contributed by atoms with van der Waals surface area (Å²) in [5.74, 6) is 0.995. The van der Waals surface area contributed by atoms with Crippen molar-refractivity contribution >= 4 is 11.3 Å². The largest absolute Gasteiger partial charge is 0.463 e. The Balaban J connectivity index is 2.13. The molecule has 98 valence electrons. The zero-order valence-corrected chi connectivity index (χ0v) is 10.8. The first-order chi connectivity index (χ1) is 9.15. The minimum atomic E-state index is -0.180.